The third-order valence-electron chi connectivity index (χ3n) is 2.50. The van der Waals surface area contributed by atoms with Crippen molar-refractivity contribution >= 4 is 29.5 Å². The van der Waals surface area contributed by atoms with Crippen molar-refractivity contribution in [1.29, 1.82) is 0 Å². The van der Waals surface area contributed by atoms with Crippen molar-refractivity contribution in [3.8, 4) is 0 Å². The van der Waals surface area contributed by atoms with Crippen LogP contribution in [-0.4, -0.2) is 12.8 Å². The number of hydrogen-bond acceptors (Lipinski definition) is 3. The molecular weight excluding hydrogens is 235 g/mol. The molecule has 1 aliphatic rings. The lowest BCUT2D eigenvalue weighted by Crippen LogP contribution is -2.25. The number of rotatable bonds is 2. The third-order valence-corrected chi connectivity index (χ3v) is 3.24. The fourth-order valence-corrected chi connectivity index (χ4v) is 1.98. The molecule has 2 atom stereocenters. The van der Waals surface area contributed by atoms with E-state index in [1.54, 1.807) is 12.1 Å². The van der Waals surface area contributed by atoms with Crippen molar-refractivity contribution in [2.24, 2.45) is 5.92 Å². The number of hydrazine groups is 1. The lowest BCUT2D eigenvalue weighted by molar-refractivity contribution is -0.111. The first-order valence-electron chi connectivity index (χ1n) is 4.61. The van der Waals surface area contributed by atoms with Gasteiger partial charge in [0, 0.05) is 12.5 Å². The lowest BCUT2D eigenvalue weighted by atomic mass is 9.96. The van der Waals surface area contributed by atoms with Gasteiger partial charge in [0.25, 0.3) is 0 Å². The molecule has 0 aromatic heterocycles. The molecule has 1 aliphatic heterocycles. The molecule has 2 N–H and O–H groups in total. The van der Waals surface area contributed by atoms with Gasteiger partial charge in [0.05, 0.1) is 16.1 Å². The fraction of sp³-hybridized carbons (Fsp3) is 0.300. The summed E-state index contributed by atoms with van der Waals surface area (Å²) in [5, 5.41) is 1.03. The van der Waals surface area contributed by atoms with Gasteiger partial charge in [0.15, 0.2) is 0 Å². The summed E-state index contributed by atoms with van der Waals surface area (Å²) in [6.07, 6.45) is 0.945. The maximum Gasteiger partial charge on any atom is 0.126 e. The summed E-state index contributed by atoms with van der Waals surface area (Å²) in [6.45, 7) is 0.633. The van der Waals surface area contributed by atoms with E-state index in [1.165, 1.54) is 0 Å². The van der Waals surface area contributed by atoms with E-state index in [0.29, 0.717) is 16.6 Å². The first kappa shape index (κ1) is 10.9. The Morgan fingerprint density at radius 1 is 1.33 bits per heavy atom. The molecule has 0 aliphatic carbocycles. The van der Waals surface area contributed by atoms with Crippen molar-refractivity contribution in [2.45, 2.75) is 6.04 Å². The van der Waals surface area contributed by atoms with Crippen LogP contribution in [0.25, 0.3) is 0 Å². The summed E-state index contributed by atoms with van der Waals surface area (Å²) in [4.78, 5) is 10.8. The molecule has 3 nitrogen and oxygen atoms in total. The van der Waals surface area contributed by atoms with Crippen LogP contribution in [0.2, 0.25) is 10.0 Å². The van der Waals surface area contributed by atoms with E-state index in [0.717, 1.165) is 11.8 Å². The van der Waals surface area contributed by atoms with E-state index < -0.39 is 0 Å². The summed E-state index contributed by atoms with van der Waals surface area (Å²) < 4.78 is 0. The van der Waals surface area contributed by atoms with Gasteiger partial charge in [-0.1, -0.05) is 29.3 Å². The average molecular weight is 245 g/mol. The van der Waals surface area contributed by atoms with Crippen LogP contribution in [0.3, 0.4) is 0 Å². The molecule has 2 unspecified atom stereocenters. The van der Waals surface area contributed by atoms with Gasteiger partial charge in [-0.3, -0.25) is 5.43 Å². The molecule has 1 aromatic carbocycles. The monoisotopic (exact) mass is 244 g/mol. The highest BCUT2D eigenvalue weighted by Crippen LogP contribution is 2.29. The minimum atomic E-state index is -0.0674. The molecule has 0 spiro atoms. The van der Waals surface area contributed by atoms with Crippen LogP contribution in [0.5, 0.6) is 0 Å². The van der Waals surface area contributed by atoms with Gasteiger partial charge in [0.2, 0.25) is 0 Å². The largest absolute Gasteiger partial charge is 0.303 e. The predicted octanol–water partition coefficient (Wildman–Crippen LogP) is 1.96. The lowest BCUT2D eigenvalue weighted by Gasteiger charge is -2.14. The highest BCUT2D eigenvalue weighted by atomic mass is 35.5. The van der Waals surface area contributed by atoms with Crippen LogP contribution in [0.1, 0.15) is 11.6 Å². The average Bonchev–Trinajstić information content (AvgIpc) is 2.70. The SMILES string of the molecule is O=CC1CNNC1c1ccc(Cl)c(Cl)c1. The summed E-state index contributed by atoms with van der Waals surface area (Å²) in [6, 6.07) is 5.36. The molecule has 2 rings (SSSR count). The van der Waals surface area contributed by atoms with E-state index in [4.69, 9.17) is 23.2 Å². The molecule has 1 saturated heterocycles. The van der Waals surface area contributed by atoms with Crippen molar-refractivity contribution < 1.29 is 4.79 Å². The molecule has 0 saturated carbocycles. The second-order valence-electron chi connectivity index (χ2n) is 3.48. The van der Waals surface area contributed by atoms with Crippen LogP contribution in [0.15, 0.2) is 18.2 Å². The summed E-state index contributed by atoms with van der Waals surface area (Å²) in [5.74, 6) is -0.0674. The Morgan fingerprint density at radius 3 is 2.80 bits per heavy atom. The number of nitrogens with one attached hydrogen (secondary N) is 2. The molecule has 0 amide bonds. The summed E-state index contributed by atoms with van der Waals surface area (Å²) >= 11 is 11.7. The molecule has 1 heterocycles. The zero-order chi connectivity index (χ0) is 10.8. The normalized spacial score (nSPS) is 25.5. The Kier molecular flexibility index (Phi) is 3.26. The first-order chi connectivity index (χ1) is 7.22. The van der Waals surface area contributed by atoms with Crippen LogP contribution in [0, 0.1) is 5.92 Å². The van der Waals surface area contributed by atoms with Crippen molar-refractivity contribution in [3.05, 3.63) is 33.8 Å². The van der Waals surface area contributed by atoms with Crippen LogP contribution in [0.4, 0.5) is 0 Å². The maximum absolute atomic E-state index is 10.8. The van der Waals surface area contributed by atoms with E-state index in [2.05, 4.69) is 10.9 Å². The van der Waals surface area contributed by atoms with Crippen molar-refractivity contribution in [3.63, 3.8) is 0 Å². The molecule has 5 heteroatoms. The zero-order valence-electron chi connectivity index (χ0n) is 7.84. The van der Waals surface area contributed by atoms with Crippen LogP contribution in [-0.2, 0) is 4.79 Å². The Balaban J connectivity index is 2.28. The first-order valence-corrected chi connectivity index (χ1v) is 5.36. The van der Waals surface area contributed by atoms with Gasteiger partial charge in [-0.15, -0.1) is 0 Å². The Hall–Kier alpha value is -0.610. The highest BCUT2D eigenvalue weighted by molar-refractivity contribution is 6.42. The summed E-state index contributed by atoms with van der Waals surface area (Å²) in [5.41, 5.74) is 6.95. The topological polar surface area (TPSA) is 41.1 Å². The molecule has 1 fully saturated rings. The van der Waals surface area contributed by atoms with Gasteiger partial charge in [-0.05, 0) is 17.7 Å². The van der Waals surface area contributed by atoms with E-state index in [9.17, 15) is 4.79 Å². The standard InChI is InChI=1S/C10H10Cl2N2O/c11-8-2-1-6(3-9(8)12)10-7(5-15)4-13-14-10/h1-3,5,7,10,13-14H,4H2. The van der Waals surface area contributed by atoms with Gasteiger partial charge in [-0.25, -0.2) is 5.43 Å². The Labute approximate surface area is 97.7 Å². The quantitative estimate of drug-likeness (QED) is 0.782. The number of hydrogen-bond donors (Lipinski definition) is 2. The molecule has 0 bridgehead atoms. The second kappa shape index (κ2) is 4.49. The third kappa shape index (κ3) is 2.16. The minimum absolute atomic E-state index is 0.0303. The number of carbonyl (C=O) groups excluding carboxylic acids is 1. The van der Waals surface area contributed by atoms with Gasteiger partial charge in [0.1, 0.15) is 6.29 Å². The maximum atomic E-state index is 10.8. The highest BCUT2D eigenvalue weighted by Gasteiger charge is 2.27. The van der Waals surface area contributed by atoms with E-state index in [1.807, 2.05) is 6.07 Å². The molecule has 0 radical (unpaired) electrons. The number of benzene rings is 1. The smallest absolute Gasteiger partial charge is 0.126 e. The molecule has 80 valence electrons. The summed E-state index contributed by atoms with van der Waals surface area (Å²) in [7, 11) is 0. The van der Waals surface area contributed by atoms with Crippen molar-refractivity contribution in [1.82, 2.24) is 10.9 Å². The zero-order valence-corrected chi connectivity index (χ0v) is 9.35. The predicted molar refractivity (Wildman–Crippen MR) is 59.9 cm³/mol. The number of halogens is 2. The van der Waals surface area contributed by atoms with E-state index in [-0.39, 0.29) is 12.0 Å². The number of carbonyl (C=O) groups is 1. The minimum Gasteiger partial charge on any atom is -0.303 e. The van der Waals surface area contributed by atoms with Gasteiger partial charge < -0.3 is 4.79 Å². The second-order valence-corrected chi connectivity index (χ2v) is 4.29. The Bertz CT molecular complexity index is 384. The van der Waals surface area contributed by atoms with E-state index >= 15 is 0 Å². The molecule has 1 aromatic rings. The van der Waals surface area contributed by atoms with Gasteiger partial charge in [-0.2, -0.15) is 0 Å². The fourth-order valence-electron chi connectivity index (χ4n) is 1.67. The molecular formula is C10H10Cl2N2O. The molecule has 15 heavy (non-hydrogen) atoms. The Morgan fingerprint density at radius 2 is 2.13 bits per heavy atom. The van der Waals surface area contributed by atoms with Crippen LogP contribution >= 0.6 is 23.2 Å². The number of aldehydes is 1. The van der Waals surface area contributed by atoms with Crippen LogP contribution < -0.4 is 10.9 Å². The van der Waals surface area contributed by atoms with Gasteiger partial charge >= 0.3 is 0 Å². The van der Waals surface area contributed by atoms with Crippen molar-refractivity contribution in [2.75, 3.05) is 6.54 Å².